The molecule has 1 aromatic heterocycles. The Morgan fingerprint density at radius 1 is 1.32 bits per heavy atom. The molecule has 1 aliphatic heterocycles. The number of sulfone groups is 1. The fourth-order valence-corrected chi connectivity index (χ4v) is 5.58. The van der Waals surface area contributed by atoms with Crippen LogP contribution in [0.5, 0.6) is 0 Å². The number of amides is 1. The third-order valence-electron chi connectivity index (χ3n) is 4.59. The van der Waals surface area contributed by atoms with Crippen LogP contribution in [0.1, 0.15) is 24.1 Å². The van der Waals surface area contributed by atoms with Crippen molar-refractivity contribution in [3.05, 3.63) is 40.9 Å². The number of benzene rings is 1. The van der Waals surface area contributed by atoms with Crippen molar-refractivity contribution in [1.29, 1.82) is 0 Å². The van der Waals surface area contributed by atoms with Crippen LogP contribution < -0.4 is 0 Å². The van der Waals surface area contributed by atoms with Gasteiger partial charge in [-0.2, -0.15) is 0 Å². The lowest BCUT2D eigenvalue weighted by Crippen LogP contribution is -2.37. The summed E-state index contributed by atoms with van der Waals surface area (Å²) in [5.41, 5.74) is 3.20. The maximum atomic E-state index is 12.3. The van der Waals surface area contributed by atoms with Crippen LogP contribution >= 0.6 is 11.3 Å². The molecule has 1 amide bonds. The molecule has 3 rings (SSSR count). The highest BCUT2D eigenvalue weighted by Crippen LogP contribution is 2.25. The summed E-state index contributed by atoms with van der Waals surface area (Å²) in [6.45, 7) is 2.05. The topological polar surface area (TPSA) is 67.3 Å². The fraction of sp³-hybridized carbons (Fsp3) is 0.444. The molecule has 0 bridgehead atoms. The molecule has 25 heavy (non-hydrogen) atoms. The van der Waals surface area contributed by atoms with Crippen molar-refractivity contribution in [2.75, 3.05) is 18.6 Å². The monoisotopic (exact) mass is 378 g/mol. The Morgan fingerprint density at radius 3 is 2.68 bits per heavy atom. The molecule has 2 aromatic rings. The van der Waals surface area contributed by atoms with Crippen LogP contribution in [0.3, 0.4) is 0 Å². The van der Waals surface area contributed by atoms with E-state index in [-0.39, 0.29) is 23.5 Å². The quantitative estimate of drug-likeness (QED) is 0.802. The highest BCUT2D eigenvalue weighted by Gasteiger charge is 2.32. The zero-order valence-corrected chi connectivity index (χ0v) is 16.1. The average Bonchev–Trinajstić information content (AvgIpc) is 3.19. The Labute approximate surface area is 152 Å². The Balaban J connectivity index is 1.57. The van der Waals surface area contributed by atoms with Crippen LogP contribution in [-0.2, 0) is 21.1 Å². The first-order valence-corrected chi connectivity index (χ1v) is 11.0. The van der Waals surface area contributed by atoms with Crippen molar-refractivity contribution in [3.63, 3.8) is 0 Å². The minimum Gasteiger partial charge on any atom is -0.342 e. The van der Waals surface area contributed by atoms with Crippen LogP contribution in [0.2, 0.25) is 0 Å². The maximum Gasteiger partial charge on any atom is 0.222 e. The molecule has 1 aliphatic rings. The molecular weight excluding hydrogens is 356 g/mol. The van der Waals surface area contributed by atoms with Gasteiger partial charge in [-0.1, -0.05) is 29.8 Å². The number of thiazole rings is 1. The summed E-state index contributed by atoms with van der Waals surface area (Å²) < 4.78 is 23.1. The van der Waals surface area contributed by atoms with E-state index in [4.69, 9.17) is 0 Å². The molecular formula is C18H22N2O3S2. The summed E-state index contributed by atoms with van der Waals surface area (Å²) in [7, 11) is -1.28. The lowest BCUT2D eigenvalue weighted by molar-refractivity contribution is -0.131. The predicted molar refractivity (Wildman–Crippen MR) is 100 cm³/mol. The minimum atomic E-state index is -2.98. The highest BCUT2D eigenvalue weighted by molar-refractivity contribution is 7.91. The molecule has 1 aromatic carbocycles. The first kappa shape index (κ1) is 18.1. The minimum absolute atomic E-state index is 0.0213. The van der Waals surface area contributed by atoms with Gasteiger partial charge in [-0.05, 0) is 19.8 Å². The molecule has 134 valence electrons. The Kier molecular flexibility index (Phi) is 5.24. The van der Waals surface area contributed by atoms with Gasteiger partial charge in [-0.15, -0.1) is 11.3 Å². The average molecular weight is 379 g/mol. The second-order valence-electron chi connectivity index (χ2n) is 6.57. The molecule has 0 N–H and O–H groups in total. The van der Waals surface area contributed by atoms with Gasteiger partial charge in [0.05, 0.1) is 17.2 Å². The zero-order valence-electron chi connectivity index (χ0n) is 14.4. The molecule has 1 saturated heterocycles. The number of rotatable bonds is 5. The van der Waals surface area contributed by atoms with Gasteiger partial charge in [0.1, 0.15) is 5.01 Å². The molecule has 2 heterocycles. The van der Waals surface area contributed by atoms with Crippen molar-refractivity contribution in [2.45, 2.75) is 32.2 Å². The molecule has 1 unspecified atom stereocenters. The maximum absolute atomic E-state index is 12.3. The van der Waals surface area contributed by atoms with E-state index in [1.807, 2.05) is 5.38 Å². The Bertz CT molecular complexity index is 857. The lowest BCUT2D eigenvalue weighted by atomic mass is 10.1. The summed E-state index contributed by atoms with van der Waals surface area (Å²) in [6.07, 6.45) is 1.47. The predicted octanol–water partition coefficient (Wildman–Crippen LogP) is 2.70. The molecule has 5 nitrogen and oxygen atoms in total. The largest absolute Gasteiger partial charge is 0.342 e. The van der Waals surface area contributed by atoms with Crippen LogP contribution in [0.4, 0.5) is 0 Å². The van der Waals surface area contributed by atoms with E-state index < -0.39 is 9.84 Å². The van der Waals surface area contributed by atoms with Crippen LogP contribution in [-0.4, -0.2) is 48.8 Å². The van der Waals surface area contributed by atoms with Gasteiger partial charge in [0.2, 0.25) is 5.91 Å². The molecule has 0 aliphatic carbocycles. The summed E-state index contributed by atoms with van der Waals surface area (Å²) in [6, 6.07) is 8.04. The van der Waals surface area contributed by atoms with Crippen molar-refractivity contribution >= 4 is 27.1 Å². The Hall–Kier alpha value is -1.73. The smallest absolute Gasteiger partial charge is 0.222 e. The van der Waals surface area contributed by atoms with Crippen LogP contribution in [0.15, 0.2) is 29.6 Å². The van der Waals surface area contributed by atoms with Crippen molar-refractivity contribution in [1.82, 2.24) is 9.88 Å². The fourth-order valence-electron chi connectivity index (χ4n) is 2.95. The number of carbonyl (C=O) groups excluding carboxylic acids is 1. The number of hydrogen-bond donors (Lipinski definition) is 0. The van der Waals surface area contributed by atoms with Gasteiger partial charge in [-0.25, -0.2) is 13.4 Å². The molecule has 1 fully saturated rings. The van der Waals surface area contributed by atoms with E-state index >= 15 is 0 Å². The van der Waals surface area contributed by atoms with Gasteiger partial charge in [0.15, 0.2) is 9.84 Å². The van der Waals surface area contributed by atoms with Gasteiger partial charge < -0.3 is 4.90 Å². The number of hydrogen-bond acceptors (Lipinski definition) is 5. The summed E-state index contributed by atoms with van der Waals surface area (Å²) in [4.78, 5) is 18.5. The summed E-state index contributed by atoms with van der Waals surface area (Å²) >= 11 is 1.58. The molecule has 0 radical (unpaired) electrons. The van der Waals surface area contributed by atoms with Crippen molar-refractivity contribution < 1.29 is 13.2 Å². The van der Waals surface area contributed by atoms with E-state index in [9.17, 15) is 13.2 Å². The normalized spacial score (nSPS) is 19.0. The summed E-state index contributed by atoms with van der Waals surface area (Å²) in [5, 5.41) is 2.94. The van der Waals surface area contributed by atoms with Gasteiger partial charge in [0, 0.05) is 30.5 Å². The van der Waals surface area contributed by atoms with Crippen LogP contribution in [0.25, 0.3) is 10.6 Å². The first-order chi connectivity index (χ1) is 11.8. The second-order valence-corrected chi connectivity index (χ2v) is 9.66. The van der Waals surface area contributed by atoms with Gasteiger partial charge >= 0.3 is 0 Å². The first-order valence-electron chi connectivity index (χ1n) is 8.31. The SMILES string of the molecule is Cc1ccc(-c2nc(CCC(=O)N(C)C3CCS(=O)(=O)C3)cs2)cc1. The number of carbonyl (C=O) groups is 1. The van der Waals surface area contributed by atoms with Crippen LogP contribution in [0, 0.1) is 6.92 Å². The van der Waals surface area contributed by atoms with Crippen molar-refractivity contribution in [2.24, 2.45) is 0 Å². The van der Waals surface area contributed by atoms with E-state index in [2.05, 4.69) is 36.2 Å². The van der Waals surface area contributed by atoms with E-state index in [0.717, 1.165) is 16.3 Å². The molecule has 7 heteroatoms. The van der Waals surface area contributed by atoms with E-state index in [0.29, 0.717) is 19.3 Å². The molecule has 0 spiro atoms. The number of aryl methyl sites for hydroxylation is 2. The highest BCUT2D eigenvalue weighted by atomic mass is 32.2. The second kappa shape index (κ2) is 7.25. The standard InChI is InChI=1S/C18H22N2O3S2/c1-13-3-5-14(6-4-13)18-19-15(11-24-18)7-8-17(21)20(2)16-9-10-25(22,23)12-16/h3-6,11,16H,7-10,12H2,1-2H3. The summed E-state index contributed by atoms with van der Waals surface area (Å²) in [5.74, 6) is 0.247. The zero-order chi connectivity index (χ0) is 18.0. The number of aromatic nitrogens is 1. The van der Waals surface area contributed by atoms with E-state index in [1.54, 1.807) is 23.3 Å². The Morgan fingerprint density at radius 2 is 2.04 bits per heavy atom. The molecule has 0 saturated carbocycles. The third-order valence-corrected chi connectivity index (χ3v) is 7.29. The van der Waals surface area contributed by atoms with Crippen molar-refractivity contribution in [3.8, 4) is 10.6 Å². The lowest BCUT2D eigenvalue weighted by Gasteiger charge is -2.23. The van der Waals surface area contributed by atoms with Gasteiger partial charge in [0.25, 0.3) is 0 Å². The van der Waals surface area contributed by atoms with Gasteiger partial charge in [-0.3, -0.25) is 4.79 Å². The van der Waals surface area contributed by atoms with E-state index in [1.165, 1.54) is 5.56 Å². The third kappa shape index (κ3) is 4.46. The number of nitrogens with zero attached hydrogens (tertiary/aromatic N) is 2. The molecule has 1 atom stereocenters.